The number of halogens is 1. The van der Waals surface area contributed by atoms with E-state index in [0.29, 0.717) is 11.3 Å². The lowest BCUT2D eigenvalue weighted by atomic mass is 10.1. The van der Waals surface area contributed by atoms with Gasteiger partial charge in [0.25, 0.3) is 0 Å². The summed E-state index contributed by atoms with van der Waals surface area (Å²) in [6.45, 7) is 0. The molecule has 3 N–H and O–H groups in total. The van der Waals surface area contributed by atoms with E-state index < -0.39 is 18.0 Å². The molecule has 2 rings (SSSR count). The van der Waals surface area contributed by atoms with Crippen molar-refractivity contribution in [2.75, 3.05) is 5.32 Å². The minimum absolute atomic E-state index is 0.510. The molecule has 0 unspecified atom stereocenters. The zero-order valence-corrected chi connectivity index (χ0v) is 12.5. The number of carboxylic acid groups (broad SMARTS) is 1. The van der Waals surface area contributed by atoms with Gasteiger partial charge in [0.2, 0.25) is 0 Å². The maximum Gasteiger partial charge on any atom is 0.330 e. The highest BCUT2D eigenvalue weighted by atomic mass is 79.9. The van der Waals surface area contributed by atoms with Crippen molar-refractivity contribution < 1.29 is 14.7 Å². The number of hydrogen-bond donors (Lipinski definition) is 3. The summed E-state index contributed by atoms with van der Waals surface area (Å²) in [4.78, 5) is 23.2. The van der Waals surface area contributed by atoms with Gasteiger partial charge >= 0.3 is 12.0 Å². The lowest BCUT2D eigenvalue weighted by Crippen LogP contribution is -2.36. The van der Waals surface area contributed by atoms with Gasteiger partial charge in [0.05, 0.1) is 0 Å². The van der Waals surface area contributed by atoms with Crippen LogP contribution < -0.4 is 10.6 Å². The van der Waals surface area contributed by atoms with Crippen molar-refractivity contribution in [3.8, 4) is 0 Å². The molecule has 1 atom stereocenters. The number of nitrogens with one attached hydrogen (secondary N) is 2. The molecule has 2 amide bonds. The van der Waals surface area contributed by atoms with Gasteiger partial charge in [-0.3, -0.25) is 0 Å². The minimum Gasteiger partial charge on any atom is -0.479 e. The second-order valence-corrected chi connectivity index (χ2v) is 5.20. The van der Waals surface area contributed by atoms with Gasteiger partial charge in [-0.2, -0.15) is 0 Å². The number of carbonyl (C=O) groups is 2. The summed E-state index contributed by atoms with van der Waals surface area (Å²) in [6, 6.07) is 13.8. The minimum atomic E-state index is -1.12. The van der Waals surface area contributed by atoms with Crippen LogP contribution in [0.3, 0.4) is 0 Å². The first-order valence-corrected chi connectivity index (χ1v) is 6.96. The molecule has 2 aromatic rings. The van der Waals surface area contributed by atoms with Gasteiger partial charge in [0.15, 0.2) is 6.04 Å². The standard InChI is InChI=1S/C15H13BrN2O3/c16-11-6-8-12(9-7-11)17-15(21)18-13(14(19)20)10-4-2-1-3-5-10/h1-9,13H,(H,19,20)(H2,17,18,21)/t13-/m1/s1. The third-order valence-electron chi connectivity index (χ3n) is 2.76. The Labute approximate surface area is 130 Å². The molecule has 2 aromatic carbocycles. The third-order valence-corrected chi connectivity index (χ3v) is 3.29. The van der Waals surface area contributed by atoms with Crippen LogP contribution in [0.4, 0.5) is 10.5 Å². The maximum atomic E-state index is 11.9. The molecule has 0 bridgehead atoms. The average molecular weight is 349 g/mol. The van der Waals surface area contributed by atoms with E-state index in [9.17, 15) is 14.7 Å². The predicted octanol–water partition coefficient (Wildman–Crippen LogP) is 3.40. The normalized spacial score (nSPS) is 11.5. The van der Waals surface area contributed by atoms with Gasteiger partial charge in [-0.1, -0.05) is 46.3 Å². The Kier molecular flexibility index (Phi) is 4.94. The number of benzene rings is 2. The topological polar surface area (TPSA) is 78.4 Å². The Morgan fingerprint density at radius 1 is 1.00 bits per heavy atom. The highest BCUT2D eigenvalue weighted by molar-refractivity contribution is 9.10. The van der Waals surface area contributed by atoms with Crippen LogP contribution in [-0.4, -0.2) is 17.1 Å². The maximum absolute atomic E-state index is 11.9. The van der Waals surface area contributed by atoms with E-state index in [-0.39, 0.29) is 0 Å². The highest BCUT2D eigenvalue weighted by Gasteiger charge is 2.21. The second kappa shape index (κ2) is 6.90. The second-order valence-electron chi connectivity index (χ2n) is 4.29. The van der Waals surface area contributed by atoms with Crippen molar-refractivity contribution in [1.82, 2.24) is 5.32 Å². The van der Waals surface area contributed by atoms with E-state index in [4.69, 9.17) is 0 Å². The van der Waals surface area contributed by atoms with E-state index >= 15 is 0 Å². The van der Waals surface area contributed by atoms with Crippen LogP contribution in [0.5, 0.6) is 0 Å². The Bertz CT molecular complexity index is 629. The van der Waals surface area contributed by atoms with E-state index in [2.05, 4.69) is 26.6 Å². The zero-order chi connectivity index (χ0) is 15.2. The summed E-state index contributed by atoms with van der Waals surface area (Å²) >= 11 is 3.30. The molecular weight excluding hydrogens is 336 g/mol. The summed E-state index contributed by atoms with van der Waals surface area (Å²) in [6.07, 6.45) is 0. The smallest absolute Gasteiger partial charge is 0.330 e. The van der Waals surface area contributed by atoms with E-state index in [1.165, 1.54) is 0 Å². The van der Waals surface area contributed by atoms with E-state index in [0.717, 1.165) is 4.47 Å². The Morgan fingerprint density at radius 2 is 1.62 bits per heavy atom. The Hall–Kier alpha value is -2.34. The van der Waals surface area contributed by atoms with Gasteiger partial charge in [-0.25, -0.2) is 9.59 Å². The molecule has 0 aliphatic heterocycles. The van der Waals surface area contributed by atoms with Crippen molar-refractivity contribution in [3.05, 3.63) is 64.6 Å². The number of amides is 2. The van der Waals surface area contributed by atoms with Crippen LogP contribution in [0.25, 0.3) is 0 Å². The van der Waals surface area contributed by atoms with Crippen molar-refractivity contribution >= 4 is 33.6 Å². The summed E-state index contributed by atoms with van der Waals surface area (Å²) in [5, 5.41) is 14.3. The SMILES string of the molecule is O=C(Nc1ccc(Br)cc1)N[C@@H](C(=O)O)c1ccccc1. The molecule has 108 valence electrons. The lowest BCUT2D eigenvalue weighted by Gasteiger charge is -2.15. The first-order chi connectivity index (χ1) is 10.1. The first-order valence-electron chi connectivity index (χ1n) is 6.17. The summed E-state index contributed by atoms with van der Waals surface area (Å²) < 4.78 is 0.890. The molecule has 0 heterocycles. The fourth-order valence-electron chi connectivity index (χ4n) is 1.76. The quantitative estimate of drug-likeness (QED) is 0.792. The van der Waals surface area contributed by atoms with Gasteiger partial charge in [0.1, 0.15) is 0 Å². The van der Waals surface area contributed by atoms with Crippen molar-refractivity contribution in [1.29, 1.82) is 0 Å². The lowest BCUT2D eigenvalue weighted by molar-refractivity contribution is -0.139. The number of anilines is 1. The third kappa shape index (κ3) is 4.32. The molecular formula is C15H13BrN2O3. The number of hydrogen-bond acceptors (Lipinski definition) is 2. The van der Waals surface area contributed by atoms with Gasteiger partial charge in [0, 0.05) is 10.2 Å². The fourth-order valence-corrected chi connectivity index (χ4v) is 2.03. The van der Waals surface area contributed by atoms with E-state index in [1.54, 1.807) is 54.6 Å². The monoisotopic (exact) mass is 348 g/mol. The largest absolute Gasteiger partial charge is 0.479 e. The molecule has 0 saturated carbocycles. The first kappa shape index (κ1) is 15.1. The van der Waals surface area contributed by atoms with E-state index in [1.807, 2.05) is 0 Å². The Morgan fingerprint density at radius 3 is 2.19 bits per heavy atom. The number of rotatable bonds is 4. The molecule has 0 aromatic heterocycles. The number of carboxylic acids is 1. The fraction of sp³-hybridized carbons (Fsp3) is 0.0667. The molecule has 5 nitrogen and oxygen atoms in total. The zero-order valence-electron chi connectivity index (χ0n) is 10.9. The molecule has 0 aliphatic rings. The molecule has 0 aliphatic carbocycles. The van der Waals surface area contributed by atoms with Crippen molar-refractivity contribution in [3.63, 3.8) is 0 Å². The molecule has 21 heavy (non-hydrogen) atoms. The van der Waals surface area contributed by atoms with Crippen LogP contribution >= 0.6 is 15.9 Å². The average Bonchev–Trinajstić information content (AvgIpc) is 2.48. The molecule has 0 spiro atoms. The summed E-state index contributed by atoms with van der Waals surface area (Å²) in [5.41, 5.74) is 1.09. The van der Waals surface area contributed by atoms with Crippen molar-refractivity contribution in [2.45, 2.75) is 6.04 Å². The highest BCUT2D eigenvalue weighted by Crippen LogP contribution is 2.15. The number of aliphatic carboxylic acids is 1. The summed E-state index contributed by atoms with van der Waals surface area (Å²) in [5.74, 6) is -1.12. The number of urea groups is 1. The summed E-state index contributed by atoms with van der Waals surface area (Å²) in [7, 11) is 0. The number of carbonyl (C=O) groups excluding carboxylic acids is 1. The Balaban J connectivity index is 2.05. The molecule has 0 saturated heterocycles. The van der Waals surface area contributed by atoms with Gasteiger partial charge in [-0.15, -0.1) is 0 Å². The van der Waals surface area contributed by atoms with Crippen LogP contribution in [0.15, 0.2) is 59.1 Å². The van der Waals surface area contributed by atoms with Crippen LogP contribution in [0.1, 0.15) is 11.6 Å². The van der Waals surface area contributed by atoms with Crippen LogP contribution in [-0.2, 0) is 4.79 Å². The predicted molar refractivity (Wildman–Crippen MR) is 83.1 cm³/mol. The molecule has 6 heteroatoms. The van der Waals surface area contributed by atoms with Gasteiger partial charge in [-0.05, 0) is 29.8 Å². The van der Waals surface area contributed by atoms with Gasteiger partial charge < -0.3 is 15.7 Å². The van der Waals surface area contributed by atoms with Crippen LogP contribution in [0, 0.1) is 0 Å². The molecule has 0 radical (unpaired) electrons. The van der Waals surface area contributed by atoms with Crippen molar-refractivity contribution in [2.24, 2.45) is 0 Å². The molecule has 0 fully saturated rings. The van der Waals surface area contributed by atoms with Crippen LogP contribution in [0.2, 0.25) is 0 Å².